The standard InChI is InChI=1S/C40H46N2O8/c1-41-11-9-22-15-33(44-3)35(46-5)20-26(22)28(41)14-25-18-34(45-4)36(47-6)21-31(25)50-32-17-24-13-29-38-23(10-12-42(29)2)16-37(48-7)40(49-8)39(38)27(24)19-30(32)43/h15-21,28-29,43H,9-14H2,1-8H3/t28-,29-/m0/s1. The topological polar surface area (TPSA) is 91.3 Å². The third-order valence-electron chi connectivity index (χ3n) is 10.7. The van der Waals surface area contributed by atoms with E-state index < -0.39 is 0 Å². The van der Waals surface area contributed by atoms with E-state index in [2.05, 4.69) is 42.1 Å². The first-order chi connectivity index (χ1) is 24.2. The van der Waals surface area contributed by atoms with Crippen LogP contribution in [0.3, 0.4) is 0 Å². The Hall–Kier alpha value is -4.80. The lowest BCUT2D eigenvalue weighted by Crippen LogP contribution is -2.35. The van der Waals surface area contributed by atoms with Gasteiger partial charge in [0.1, 0.15) is 5.75 Å². The van der Waals surface area contributed by atoms with Crippen molar-refractivity contribution < 1.29 is 38.3 Å². The highest BCUT2D eigenvalue weighted by Gasteiger charge is 2.37. The predicted molar refractivity (Wildman–Crippen MR) is 191 cm³/mol. The largest absolute Gasteiger partial charge is 0.504 e. The molecule has 7 rings (SSSR count). The summed E-state index contributed by atoms with van der Waals surface area (Å²) in [5.74, 6) is 4.90. The SMILES string of the molecule is COc1cc(C[C@H]2c3cc(OC)c(OC)cc3CCN2C)c(Oc2cc3c(cc2O)-c2c(OC)c(OC)cc4c2[C@H](C3)N(C)CC4)cc1OC. The van der Waals surface area contributed by atoms with E-state index in [0.29, 0.717) is 46.7 Å². The van der Waals surface area contributed by atoms with Crippen molar-refractivity contribution in [3.8, 4) is 62.9 Å². The van der Waals surface area contributed by atoms with E-state index in [-0.39, 0.29) is 17.8 Å². The molecule has 10 nitrogen and oxygen atoms in total. The first kappa shape index (κ1) is 33.7. The molecule has 0 fully saturated rings. The van der Waals surface area contributed by atoms with Crippen LogP contribution in [-0.4, -0.2) is 84.7 Å². The van der Waals surface area contributed by atoms with Crippen LogP contribution in [0.25, 0.3) is 11.1 Å². The Morgan fingerprint density at radius 3 is 1.92 bits per heavy atom. The number of phenolic OH excluding ortho intramolecular Hbond substituents is 1. The number of fused-ring (bicyclic) bond motifs is 3. The number of hydrogen-bond donors (Lipinski definition) is 1. The van der Waals surface area contributed by atoms with Gasteiger partial charge in [-0.25, -0.2) is 0 Å². The van der Waals surface area contributed by atoms with Gasteiger partial charge in [0.2, 0.25) is 0 Å². The van der Waals surface area contributed by atoms with Gasteiger partial charge in [-0.05, 0) is 110 Å². The van der Waals surface area contributed by atoms with Crippen LogP contribution in [0.4, 0.5) is 0 Å². The lowest BCUT2D eigenvalue weighted by Gasteiger charge is -2.40. The average Bonchev–Trinajstić information content (AvgIpc) is 3.13. The summed E-state index contributed by atoms with van der Waals surface area (Å²) in [6.45, 7) is 1.82. The first-order valence-corrected chi connectivity index (χ1v) is 16.9. The van der Waals surface area contributed by atoms with E-state index in [4.69, 9.17) is 33.2 Å². The van der Waals surface area contributed by atoms with E-state index in [0.717, 1.165) is 60.4 Å². The van der Waals surface area contributed by atoms with Crippen molar-refractivity contribution in [2.45, 2.75) is 37.8 Å². The molecule has 0 radical (unpaired) electrons. The van der Waals surface area contributed by atoms with Crippen molar-refractivity contribution in [3.63, 3.8) is 0 Å². The Balaban J connectivity index is 1.32. The molecule has 0 saturated carbocycles. The number of hydrogen-bond acceptors (Lipinski definition) is 10. The molecule has 0 saturated heterocycles. The third-order valence-corrected chi connectivity index (χ3v) is 10.7. The van der Waals surface area contributed by atoms with Crippen molar-refractivity contribution >= 4 is 0 Å². The minimum Gasteiger partial charge on any atom is -0.504 e. The van der Waals surface area contributed by atoms with E-state index >= 15 is 0 Å². The molecule has 1 N–H and O–H groups in total. The minimum atomic E-state index is 0.0196. The van der Waals surface area contributed by atoms with E-state index in [1.54, 1.807) is 48.7 Å². The number of methoxy groups -OCH3 is 6. The van der Waals surface area contributed by atoms with Gasteiger partial charge >= 0.3 is 0 Å². The maximum absolute atomic E-state index is 11.6. The Morgan fingerprint density at radius 1 is 0.620 bits per heavy atom. The van der Waals surface area contributed by atoms with Gasteiger partial charge in [0.25, 0.3) is 0 Å². The van der Waals surface area contributed by atoms with Gasteiger partial charge in [-0.2, -0.15) is 0 Å². The molecule has 0 bridgehead atoms. The van der Waals surface area contributed by atoms with Crippen LogP contribution in [0.2, 0.25) is 0 Å². The van der Waals surface area contributed by atoms with Gasteiger partial charge in [0.15, 0.2) is 46.0 Å². The van der Waals surface area contributed by atoms with Crippen LogP contribution in [0.1, 0.15) is 45.5 Å². The van der Waals surface area contributed by atoms with E-state index in [1.165, 1.54) is 22.3 Å². The second-order valence-corrected chi connectivity index (χ2v) is 13.3. The van der Waals surface area contributed by atoms with E-state index in [9.17, 15) is 5.11 Å². The quantitative estimate of drug-likeness (QED) is 0.194. The fourth-order valence-electron chi connectivity index (χ4n) is 8.05. The summed E-state index contributed by atoms with van der Waals surface area (Å²) in [6, 6.07) is 14.0. The van der Waals surface area contributed by atoms with E-state index in [1.807, 2.05) is 18.2 Å². The fourth-order valence-corrected chi connectivity index (χ4v) is 8.05. The average molecular weight is 683 g/mol. The first-order valence-electron chi connectivity index (χ1n) is 16.9. The molecular formula is C40H46N2O8. The number of ether oxygens (including phenoxy) is 7. The molecule has 4 aromatic carbocycles. The molecule has 2 aliphatic heterocycles. The molecule has 1 aliphatic carbocycles. The second kappa shape index (κ2) is 13.5. The molecule has 0 unspecified atom stereocenters. The number of rotatable bonds is 10. The van der Waals surface area contributed by atoms with Crippen molar-refractivity contribution in [2.75, 3.05) is 69.8 Å². The van der Waals surface area contributed by atoms with Crippen molar-refractivity contribution in [1.29, 1.82) is 0 Å². The van der Waals surface area contributed by atoms with Crippen molar-refractivity contribution in [2.24, 2.45) is 0 Å². The minimum absolute atomic E-state index is 0.0196. The molecule has 2 atom stereocenters. The highest BCUT2D eigenvalue weighted by molar-refractivity contribution is 5.85. The normalized spacial score (nSPS) is 18.0. The molecule has 10 heteroatoms. The zero-order chi connectivity index (χ0) is 35.3. The number of aromatic hydroxyl groups is 1. The van der Waals surface area contributed by atoms with Crippen LogP contribution in [0.15, 0.2) is 42.5 Å². The van der Waals surface area contributed by atoms with Crippen LogP contribution >= 0.6 is 0 Å². The summed E-state index contributed by atoms with van der Waals surface area (Å²) in [5.41, 5.74) is 8.76. The number of phenols is 1. The molecule has 264 valence electrons. The highest BCUT2D eigenvalue weighted by atomic mass is 16.5. The Bertz CT molecular complexity index is 1940. The number of nitrogens with zero attached hydrogens (tertiary/aromatic N) is 2. The van der Waals surface area contributed by atoms with Crippen LogP contribution in [0, 0.1) is 0 Å². The lowest BCUT2D eigenvalue weighted by atomic mass is 9.76. The Labute approximate surface area is 294 Å². The van der Waals surface area contributed by atoms with Crippen LogP contribution in [-0.2, 0) is 25.7 Å². The van der Waals surface area contributed by atoms with Gasteiger partial charge in [-0.3, -0.25) is 9.80 Å². The molecule has 0 amide bonds. The zero-order valence-electron chi connectivity index (χ0n) is 30.1. The molecule has 0 aromatic heterocycles. The highest BCUT2D eigenvalue weighted by Crippen LogP contribution is 2.54. The Kier molecular flexibility index (Phi) is 9.09. The maximum Gasteiger partial charge on any atom is 0.169 e. The van der Waals surface area contributed by atoms with Crippen LogP contribution in [0.5, 0.6) is 51.7 Å². The fraction of sp³-hybridized carbons (Fsp3) is 0.400. The van der Waals surface area contributed by atoms with Gasteiger partial charge < -0.3 is 38.3 Å². The molecule has 3 aliphatic rings. The summed E-state index contributed by atoms with van der Waals surface area (Å²) in [4.78, 5) is 4.74. The second-order valence-electron chi connectivity index (χ2n) is 13.3. The maximum atomic E-state index is 11.6. The monoisotopic (exact) mass is 682 g/mol. The summed E-state index contributed by atoms with van der Waals surface area (Å²) in [7, 11) is 14.2. The summed E-state index contributed by atoms with van der Waals surface area (Å²) >= 11 is 0. The molecule has 2 heterocycles. The van der Waals surface area contributed by atoms with Gasteiger partial charge in [0.05, 0.1) is 42.7 Å². The number of likely N-dealkylation sites (N-methyl/N-ethyl adjacent to an activating group) is 2. The summed E-state index contributed by atoms with van der Waals surface area (Å²) in [6.07, 6.45) is 3.20. The zero-order valence-corrected chi connectivity index (χ0v) is 30.1. The third kappa shape index (κ3) is 5.60. The van der Waals surface area contributed by atoms with Crippen LogP contribution < -0.4 is 33.2 Å². The van der Waals surface area contributed by atoms with Gasteiger partial charge in [-0.1, -0.05) is 0 Å². The molecule has 4 aromatic rings. The summed E-state index contributed by atoms with van der Waals surface area (Å²) < 4.78 is 41.2. The molecule has 50 heavy (non-hydrogen) atoms. The van der Waals surface area contributed by atoms with Gasteiger partial charge in [0, 0.05) is 42.4 Å². The van der Waals surface area contributed by atoms with Crippen molar-refractivity contribution in [1.82, 2.24) is 9.80 Å². The Morgan fingerprint density at radius 2 is 1.22 bits per heavy atom. The smallest absolute Gasteiger partial charge is 0.169 e. The molecular weight excluding hydrogens is 636 g/mol. The van der Waals surface area contributed by atoms with Gasteiger partial charge in [-0.15, -0.1) is 0 Å². The molecule has 0 spiro atoms. The summed E-state index contributed by atoms with van der Waals surface area (Å²) in [5, 5.41) is 11.6. The number of benzene rings is 4. The van der Waals surface area contributed by atoms with Crippen molar-refractivity contribution in [3.05, 3.63) is 75.8 Å². The lowest BCUT2D eigenvalue weighted by molar-refractivity contribution is 0.226. The predicted octanol–water partition coefficient (Wildman–Crippen LogP) is 6.76.